The number of thiol groups is 1. The summed E-state index contributed by atoms with van der Waals surface area (Å²) in [6.07, 6.45) is 4.56. The minimum Gasteiger partial charge on any atom is -0.343 e. The molecule has 0 saturated heterocycles. The molecule has 0 aromatic carbocycles. The van der Waals surface area contributed by atoms with E-state index in [0.29, 0.717) is 12.2 Å². The van der Waals surface area contributed by atoms with E-state index in [4.69, 9.17) is 0 Å². The summed E-state index contributed by atoms with van der Waals surface area (Å²) < 4.78 is 0. The Kier molecular flexibility index (Phi) is 4.64. The van der Waals surface area contributed by atoms with Gasteiger partial charge in [0.05, 0.1) is 0 Å². The van der Waals surface area contributed by atoms with Gasteiger partial charge < -0.3 is 4.90 Å². The Labute approximate surface area is 86.1 Å². The van der Waals surface area contributed by atoms with Crippen molar-refractivity contribution < 1.29 is 4.79 Å². The maximum atomic E-state index is 11.5. The van der Waals surface area contributed by atoms with Gasteiger partial charge in [0.1, 0.15) is 0 Å². The topological polar surface area (TPSA) is 20.3 Å². The zero-order valence-corrected chi connectivity index (χ0v) is 9.22. The van der Waals surface area contributed by atoms with E-state index in [-0.39, 0.29) is 5.91 Å². The molecule has 1 aliphatic carbocycles. The first-order chi connectivity index (χ1) is 6.27. The fourth-order valence-electron chi connectivity index (χ4n) is 1.65. The Balaban J connectivity index is 2.27. The highest BCUT2D eigenvalue weighted by Crippen LogP contribution is 2.27. The van der Waals surface area contributed by atoms with Gasteiger partial charge in [-0.2, -0.15) is 12.6 Å². The van der Waals surface area contributed by atoms with Crippen molar-refractivity contribution in [1.82, 2.24) is 4.90 Å². The Hall–Kier alpha value is -0.180. The summed E-state index contributed by atoms with van der Waals surface area (Å²) >= 11 is 4.07. The number of hydrogen-bond donors (Lipinski definition) is 1. The van der Waals surface area contributed by atoms with Crippen LogP contribution in [-0.2, 0) is 4.79 Å². The predicted octanol–water partition coefficient (Wildman–Crippen LogP) is 1.95. The Morgan fingerprint density at radius 1 is 1.54 bits per heavy atom. The van der Waals surface area contributed by atoms with Gasteiger partial charge in [0, 0.05) is 19.5 Å². The molecule has 2 nitrogen and oxygen atoms in total. The molecule has 1 rings (SSSR count). The molecule has 0 radical (unpaired) electrons. The summed E-state index contributed by atoms with van der Waals surface area (Å²) in [6, 6.07) is 0. The minimum absolute atomic E-state index is 0.268. The first-order valence-corrected chi connectivity index (χ1v) is 5.79. The first kappa shape index (κ1) is 10.9. The minimum atomic E-state index is 0.268. The Morgan fingerprint density at radius 2 is 2.23 bits per heavy atom. The second kappa shape index (κ2) is 5.53. The molecule has 0 N–H and O–H groups in total. The van der Waals surface area contributed by atoms with Gasteiger partial charge in [-0.05, 0) is 31.4 Å². The van der Waals surface area contributed by atoms with E-state index in [2.05, 4.69) is 19.6 Å². The molecule has 76 valence electrons. The summed E-state index contributed by atoms with van der Waals surface area (Å²) in [5.74, 6) is 1.72. The molecule has 13 heavy (non-hydrogen) atoms. The van der Waals surface area contributed by atoms with Gasteiger partial charge in [0.2, 0.25) is 5.91 Å². The molecule has 1 amide bonds. The van der Waals surface area contributed by atoms with Crippen LogP contribution >= 0.6 is 12.6 Å². The first-order valence-electron chi connectivity index (χ1n) is 5.16. The van der Waals surface area contributed by atoms with Crippen molar-refractivity contribution in [3.05, 3.63) is 0 Å². The number of hydrogen-bond acceptors (Lipinski definition) is 2. The lowest BCUT2D eigenvalue weighted by Crippen LogP contribution is -2.37. The molecule has 0 heterocycles. The van der Waals surface area contributed by atoms with Crippen molar-refractivity contribution in [2.75, 3.05) is 18.8 Å². The third kappa shape index (κ3) is 3.22. The molecule has 0 aliphatic heterocycles. The molecule has 1 saturated carbocycles. The fourth-order valence-corrected chi connectivity index (χ4v) is 1.84. The van der Waals surface area contributed by atoms with E-state index >= 15 is 0 Å². The summed E-state index contributed by atoms with van der Waals surface area (Å²) in [4.78, 5) is 13.5. The van der Waals surface area contributed by atoms with Crippen LogP contribution in [0.4, 0.5) is 0 Å². The van der Waals surface area contributed by atoms with Crippen LogP contribution in [-0.4, -0.2) is 29.6 Å². The van der Waals surface area contributed by atoms with E-state index in [1.165, 1.54) is 19.3 Å². The molecule has 0 unspecified atom stereocenters. The average molecular weight is 201 g/mol. The van der Waals surface area contributed by atoms with Crippen molar-refractivity contribution in [2.45, 2.75) is 32.6 Å². The van der Waals surface area contributed by atoms with Crippen LogP contribution in [0.15, 0.2) is 0 Å². The summed E-state index contributed by atoms with van der Waals surface area (Å²) in [7, 11) is 0. The van der Waals surface area contributed by atoms with Crippen molar-refractivity contribution >= 4 is 18.5 Å². The zero-order chi connectivity index (χ0) is 9.68. The summed E-state index contributed by atoms with van der Waals surface area (Å²) in [5, 5.41) is 0. The molecular formula is C10H19NOS. The lowest BCUT2D eigenvalue weighted by atomic mass is 9.85. The molecule has 0 bridgehead atoms. The quantitative estimate of drug-likeness (QED) is 0.674. The molecule has 1 aliphatic rings. The van der Waals surface area contributed by atoms with E-state index in [9.17, 15) is 4.79 Å². The van der Waals surface area contributed by atoms with Crippen molar-refractivity contribution in [3.8, 4) is 0 Å². The highest BCUT2D eigenvalue weighted by Gasteiger charge is 2.21. The number of nitrogens with zero attached hydrogens (tertiary/aromatic N) is 1. The van der Waals surface area contributed by atoms with Crippen LogP contribution in [0.1, 0.15) is 32.6 Å². The number of rotatable bonds is 5. The highest BCUT2D eigenvalue weighted by atomic mass is 32.1. The number of carbonyl (C=O) groups is 1. The standard InChI is InChI=1S/C10H19NOS/c1-2-11(10(12)6-7-13)8-9-4-3-5-9/h9,13H,2-8H2,1H3. The van der Waals surface area contributed by atoms with Gasteiger partial charge in [0.25, 0.3) is 0 Å². The van der Waals surface area contributed by atoms with Crippen LogP contribution in [0, 0.1) is 5.92 Å². The second-order valence-corrected chi connectivity index (χ2v) is 4.15. The summed E-state index contributed by atoms with van der Waals surface area (Å²) in [5.41, 5.74) is 0. The van der Waals surface area contributed by atoms with Crippen LogP contribution in [0.5, 0.6) is 0 Å². The van der Waals surface area contributed by atoms with Crippen LogP contribution in [0.2, 0.25) is 0 Å². The second-order valence-electron chi connectivity index (χ2n) is 3.70. The molecule has 0 aromatic rings. The fraction of sp³-hybridized carbons (Fsp3) is 0.900. The highest BCUT2D eigenvalue weighted by molar-refractivity contribution is 7.80. The van der Waals surface area contributed by atoms with E-state index in [1.807, 2.05) is 4.90 Å². The third-order valence-corrected chi connectivity index (χ3v) is 2.99. The molecule has 0 aromatic heterocycles. The maximum absolute atomic E-state index is 11.5. The number of amides is 1. The monoisotopic (exact) mass is 201 g/mol. The number of carbonyl (C=O) groups excluding carboxylic acids is 1. The van der Waals surface area contributed by atoms with Gasteiger partial charge in [0.15, 0.2) is 0 Å². The molecule has 3 heteroatoms. The van der Waals surface area contributed by atoms with Gasteiger partial charge in [-0.1, -0.05) is 6.42 Å². The van der Waals surface area contributed by atoms with E-state index < -0.39 is 0 Å². The third-order valence-electron chi connectivity index (χ3n) is 2.76. The summed E-state index contributed by atoms with van der Waals surface area (Å²) in [6.45, 7) is 3.88. The lowest BCUT2D eigenvalue weighted by molar-refractivity contribution is -0.131. The Morgan fingerprint density at radius 3 is 2.62 bits per heavy atom. The molecular weight excluding hydrogens is 182 g/mol. The lowest BCUT2D eigenvalue weighted by Gasteiger charge is -2.31. The average Bonchev–Trinajstić information content (AvgIpc) is 2.03. The van der Waals surface area contributed by atoms with E-state index in [1.54, 1.807) is 0 Å². The van der Waals surface area contributed by atoms with Gasteiger partial charge in [-0.25, -0.2) is 0 Å². The van der Waals surface area contributed by atoms with Gasteiger partial charge in [-0.3, -0.25) is 4.79 Å². The zero-order valence-electron chi connectivity index (χ0n) is 8.33. The molecule has 0 spiro atoms. The molecule has 1 fully saturated rings. The van der Waals surface area contributed by atoms with Crippen molar-refractivity contribution in [1.29, 1.82) is 0 Å². The van der Waals surface area contributed by atoms with Gasteiger partial charge in [-0.15, -0.1) is 0 Å². The predicted molar refractivity (Wildman–Crippen MR) is 58.1 cm³/mol. The van der Waals surface area contributed by atoms with Gasteiger partial charge >= 0.3 is 0 Å². The van der Waals surface area contributed by atoms with Crippen LogP contribution in [0.3, 0.4) is 0 Å². The SMILES string of the molecule is CCN(CC1CCC1)C(=O)CCS. The normalized spacial score (nSPS) is 16.8. The van der Waals surface area contributed by atoms with Crippen molar-refractivity contribution in [2.24, 2.45) is 5.92 Å². The Bertz CT molecular complexity index is 168. The smallest absolute Gasteiger partial charge is 0.223 e. The molecule has 0 atom stereocenters. The van der Waals surface area contributed by atoms with Crippen LogP contribution < -0.4 is 0 Å². The maximum Gasteiger partial charge on any atom is 0.223 e. The largest absolute Gasteiger partial charge is 0.343 e. The van der Waals surface area contributed by atoms with Crippen LogP contribution in [0.25, 0.3) is 0 Å². The van der Waals surface area contributed by atoms with Crippen molar-refractivity contribution in [3.63, 3.8) is 0 Å². The van der Waals surface area contributed by atoms with E-state index in [0.717, 1.165) is 19.0 Å².